The normalized spacial score (nSPS) is 20.0. The van der Waals surface area contributed by atoms with Crippen LogP contribution in [0.25, 0.3) is 11.1 Å². The van der Waals surface area contributed by atoms with Gasteiger partial charge in [0.05, 0.1) is 17.4 Å². The lowest BCUT2D eigenvalue weighted by Crippen LogP contribution is -2.51. The van der Waals surface area contributed by atoms with Crippen molar-refractivity contribution in [2.24, 2.45) is 5.92 Å². The first-order valence-electron chi connectivity index (χ1n) is 12.4. The lowest BCUT2D eigenvalue weighted by molar-refractivity contribution is -0.127. The second kappa shape index (κ2) is 9.20. The number of likely N-dealkylation sites (tertiary alicyclic amines) is 1. The zero-order valence-electron chi connectivity index (χ0n) is 20.0. The van der Waals surface area contributed by atoms with Crippen molar-refractivity contribution in [3.05, 3.63) is 42.2 Å². The maximum absolute atomic E-state index is 13.0. The van der Waals surface area contributed by atoms with Crippen LogP contribution in [0.3, 0.4) is 0 Å². The first-order valence-corrected chi connectivity index (χ1v) is 12.4. The summed E-state index contributed by atoms with van der Waals surface area (Å²) in [5.41, 5.74) is 4.57. The molecule has 3 amide bonds. The molecular weight excluding hydrogens is 428 g/mol. The molecular formula is C27H32N4O3. The second-order valence-corrected chi connectivity index (χ2v) is 9.79. The quantitative estimate of drug-likeness (QED) is 0.657. The molecule has 1 saturated heterocycles. The van der Waals surface area contributed by atoms with Gasteiger partial charge in [-0.3, -0.25) is 19.4 Å². The van der Waals surface area contributed by atoms with Gasteiger partial charge in [-0.2, -0.15) is 0 Å². The number of carbonyl (C=O) groups excluding carboxylic acids is 3. The monoisotopic (exact) mass is 460 g/mol. The number of anilines is 2. The van der Waals surface area contributed by atoms with Crippen LogP contribution < -0.4 is 9.80 Å². The Bertz CT molecular complexity index is 1110. The van der Waals surface area contributed by atoms with Gasteiger partial charge in [-0.1, -0.05) is 12.1 Å². The molecule has 1 atom stereocenters. The third kappa shape index (κ3) is 4.43. The summed E-state index contributed by atoms with van der Waals surface area (Å²) in [5, 5.41) is 0. The lowest BCUT2D eigenvalue weighted by Gasteiger charge is -2.41. The molecule has 0 spiro atoms. The van der Waals surface area contributed by atoms with Crippen molar-refractivity contribution >= 4 is 29.1 Å². The van der Waals surface area contributed by atoms with Gasteiger partial charge in [0.2, 0.25) is 17.7 Å². The van der Waals surface area contributed by atoms with Gasteiger partial charge in [0.25, 0.3) is 0 Å². The van der Waals surface area contributed by atoms with Gasteiger partial charge in [0.15, 0.2) is 0 Å². The number of hydrogen-bond acceptors (Lipinski definition) is 4. The second-order valence-electron chi connectivity index (χ2n) is 9.79. The molecule has 7 nitrogen and oxygen atoms in total. The maximum Gasteiger partial charge on any atom is 0.230 e. The molecule has 0 radical (unpaired) electrons. The SMILES string of the molecule is CC(=O)N1c2ccc(-c3ccc(CCCN4CCCC4=O)nc3)cc2N(C(=O)C2CC2)CC1C. The average molecular weight is 461 g/mol. The number of carbonyl (C=O) groups is 3. The number of pyridine rings is 1. The number of rotatable bonds is 6. The van der Waals surface area contributed by atoms with Crippen LogP contribution in [0.1, 0.15) is 51.6 Å². The molecule has 7 heteroatoms. The van der Waals surface area contributed by atoms with Gasteiger partial charge >= 0.3 is 0 Å². The highest BCUT2D eigenvalue weighted by molar-refractivity contribution is 6.06. The Hall–Kier alpha value is -3.22. The molecule has 0 bridgehead atoms. The predicted octanol–water partition coefficient (Wildman–Crippen LogP) is 3.80. The van der Waals surface area contributed by atoms with Gasteiger partial charge in [0, 0.05) is 56.4 Å². The topological polar surface area (TPSA) is 73.8 Å². The Labute approximate surface area is 200 Å². The van der Waals surface area contributed by atoms with Crippen LogP contribution in [0.2, 0.25) is 0 Å². The van der Waals surface area contributed by atoms with Crippen molar-refractivity contribution in [3.63, 3.8) is 0 Å². The number of amides is 3. The van der Waals surface area contributed by atoms with Gasteiger partial charge in [-0.25, -0.2) is 0 Å². The molecule has 3 heterocycles. The smallest absolute Gasteiger partial charge is 0.230 e. The number of hydrogen-bond donors (Lipinski definition) is 0. The standard InChI is InChI=1S/C27H32N4O3/c1-18-17-30(27(34)20-7-8-20)25-15-21(10-12-24(25)31(18)19(2)32)22-9-11-23(28-16-22)5-3-13-29-14-4-6-26(29)33/h9-12,15-16,18,20H,3-8,13-14,17H2,1-2H3. The zero-order valence-corrected chi connectivity index (χ0v) is 20.0. The van der Waals surface area contributed by atoms with Crippen LogP contribution in [0, 0.1) is 5.92 Å². The summed E-state index contributed by atoms with van der Waals surface area (Å²) in [6, 6.07) is 10.0. The highest BCUT2D eigenvalue weighted by atomic mass is 16.2. The van der Waals surface area contributed by atoms with E-state index in [1.807, 2.05) is 47.2 Å². The Morgan fingerprint density at radius 2 is 1.88 bits per heavy atom. The third-order valence-corrected chi connectivity index (χ3v) is 7.14. The summed E-state index contributed by atoms with van der Waals surface area (Å²) in [6.07, 6.45) is 7.18. The molecule has 2 fully saturated rings. The Kier molecular flexibility index (Phi) is 6.11. The molecule has 5 rings (SSSR count). The summed E-state index contributed by atoms with van der Waals surface area (Å²) >= 11 is 0. The van der Waals surface area contributed by atoms with Gasteiger partial charge in [-0.05, 0) is 62.8 Å². The minimum atomic E-state index is -0.0599. The number of nitrogens with zero attached hydrogens (tertiary/aromatic N) is 4. The van der Waals surface area contributed by atoms with E-state index in [1.54, 1.807) is 11.8 Å². The number of aromatic nitrogens is 1. The molecule has 1 aromatic heterocycles. The van der Waals surface area contributed by atoms with Crippen molar-refractivity contribution < 1.29 is 14.4 Å². The van der Waals surface area contributed by atoms with Crippen molar-refractivity contribution in [2.75, 3.05) is 29.4 Å². The van der Waals surface area contributed by atoms with E-state index in [4.69, 9.17) is 0 Å². The fourth-order valence-corrected chi connectivity index (χ4v) is 5.18. The third-order valence-electron chi connectivity index (χ3n) is 7.14. The van der Waals surface area contributed by atoms with Gasteiger partial charge in [-0.15, -0.1) is 0 Å². The molecule has 1 aliphatic carbocycles. The predicted molar refractivity (Wildman–Crippen MR) is 132 cm³/mol. The van der Waals surface area contributed by atoms with Crippen LogP contribution in [0.5, 0.6) is 0 Å². The summed E-state index contributed by atoms with van der Waals surface area (Å²) in [5.74, 6) is 0.534. The van der Waals surface area contributed by atoms with E-state index in [9.17, 15) is 14.4 Å². The molecule has 178 valence electrons. The fourth-order valence-electron chi connectivity index (χ4n) is 5.18. The first-order chi connectivity index (χ1) is 16.4. The van der Waals surface area contributed by atoms with Crippen LogP contribution in [0.4, 0.5) is 11.4 Å². The minimum Gasteiger partial charge on any atom is -0.343 e. The van der Waals surface area contributed by atoms with Crippen LogP contribution in [-0.4, -0.2) is 53.3 Å². The highest BCUT2D eigenvalue weighted by Gasteiger charge is 2.39. The van der Waals surface area contributed by atoms with Gasteiger partial charge in [0.1, 0.15) is 0 Å². The van der Waals surface area contributed by atoms with Crippen molar-refractivity contribution in [1.29, 1.82) is 0 Å². The van der Waals surface area contributed by atoms with E-state index in [0.29, 0.717) is 13.0 Å². The molecule has 34 heavy (non-hydrogen) atoms. The molecule has 2 aliphatic heterocycles. The zero-order chi connectivity index (χ0) is 23.8. The van der Waals surface area contributed by atoms with E-state index in [0.717, 1.165) is 73.4 Å². The van der Waals surface area contributed by atoms with E-state index in [-0.39, 0.29) is 29.7 Å². The van der Waals surface area contributed by atoms with Gasteiger partial charge < -0.3 is 14.7 Å². The molecule has 2 aromatic rings. The van der Waals surface area contributed by atoms with Crippen molar-refractivity contribution in [3.8, 4) is 11.1 Å². The summed E-state index contributed by atoms with van der Waals surface area (Å²) < 4.78 is 0. The summed E-state index contributed by atoms with van der Waals surface area (Å²) in [6.45, 7) is 5.76. The molecule has 1 saturated carbocycles. The highest BCUT2D eigenvalue weighted by Crippen LogP contribution is 2.42. The fraction of sp³-hybridized carbons (Fsp3) is 0.481. The largest absolute Gasteiger partial charge is 0.343 e. The molecule has 0 N–H and O–H groups in total. The number of benzene rings is 1. The average Bonchev–Trinajstić information content (AvgIpc) is 3.60. The summed E-state index contributed by atoms with van der Waals surface area (Å²) in [4.78, 5) is 47.4. The Morgan fingerprint density at radius 1 is 1.09 bits per heavy atom. The van der Waals surface area contributed by atoms with Crippen LogP contribution in [0.15, 0.2) is 36.5 Å². The van der Waals surface area contributed by atoms with Crippen molar-refractivity contribution in [2.45, 2.75) is 58.4 Å². The van der Waals surface area contributed by atoms with E-state index < -0.39 is 0 Å². The lowest BCUT2D eigenvalue weighted by atomic mass is 10.0. The van der Waals surface area contributed by atoms with Crippen LogP contribution >= 0.6 is 0 Å². The Morgan fingerprint density at radius 3 is 2.53 bits per heavy atom. The van der Waals surface area contributed by atoms with E-state index in [2.05, 4.69) is 11.1 Å². The maximum atomic E-state index is 13.0. The molecule has 1 unspecified atom stereocenters. The van der Waals surface area contributed by atoms with E-state index >= 15 is 0 Å². The molecule has 3 aliphatic rings. The number of aryl methyl sites for hydroxylation is 1. The first kappa shape index (κ1) is 22.6. The van der Waals surface area contributed by atoms with E-state index in [1.165, 1.54) is 0 Å². The van der Waals surface area contributed by atoms with Crippen molar-refractivity contribution in [1.82, 2.24) is 9.88 Å². The summed E-state index contributed by atoms with van der Waals surface area (Å²) in [7, 11) is 0. The Balaban J connectivity index is 1.35. The number of fused-ring (bicyclic) bond motifs is 1. The molecule has 1 aromatic carbocycles. The van der Waals surface area contributed by atoms with Crippen LogP contribution in [-0.2, 0) is 20.8 Å². The minimum absolute atomic E-state index is 0.0123.